The lowest BCUT2D eigenvalue weighted by atomic mass is 10.0. The van der Waals surface area contributed by atoms with Gasteiger partial charge in [0.2, 0.25) is 0 Å². The fourth-order valence-corrected chi connectivity index (χ4v) is 3.03. The summed E-state index contributed by atoms with van der Waals surface area (Å²) in [4.78, 5) is 13.1. The largest absolute Gasteiger partial charge is 0.481 e. The first-order valence-corrected chi connectivity index (χ1v) is 7.24. The van der Waals surface area contributed by atoms with E-state index in [9.17, 15) is 4.79 Å². The molecule has 0 spiro atoms. The molecule has 1 aromatic rings. The molecule has 2 rings (SSSR count). The third-order valence-corrected chi connectivity index (χ3v) is 4.03. The van der Waals surface area contributed by atoms with Crippen LogP contribution < -0.4 is 10.2 Å². The highest BCUT2D eigenvalue weighted by molar-refractivity contribution is 9.10. The number of carbonyl (C=O) groups is 1. The van der Waals surface area contributed by atoms with Gasteiger partial charge >= 0.3 is 5.97 Å². The van der Waals surface area contributed by atoms with Crippen LogP contribution in [0.3, 0.4) is 0 Å². The summed E-state index contributed by atoms with van der Waals surface area (Å²) in [6.45, 7) is 5.79. The normalized spacial score (nSPS) is 23.4. The molecule has 0 amide bonds. The molecule has 1 aliphatic heterocycles. The van der Waals surface area contributed by atoms with E-state index in [1.165, 1.54) is 11.3 Å². The van der Waals surface area contributed by atoms with Crippen molar-refractivity contribution in [3.63, 3.8) is 0 Å². The van der Waals surface area contributed by atoms with E-state index in [-0.39, 0.29) is 12.5 Å². The Kier molecular flexibility index (Phi) is 4.47. The van der Waals surface area contributed by atoms with Gasteiger partial charge in [-0.05, 0) is 37.6 Å². The Bertz CT molecular complexity index is 479. The SMILES string of the molecule is Cc1cc(Br)ccc1N1CC(CC(=O)O)NCC1C. The Balaban J connectivity index is 2.18. The number of carboxylic acids is 1. The van der Waals surface area contributed by atoms with Crippen molar-refractivity contribution in [1.82, 2.24) is 5.32 Å². The maximum absolute atomic E-state index is 10.8. The highest BCUT2D eigenvalue weighted by atomic mass is 79.9. The highest BCUT2D eigenvalue weighted by Gasteiger charge is 2.27. The fraction of sp³-hybridized carbons (Fsp3) is 0.500. The van der Waals surface area contributed by atoms with Gasteiger partial charge in [-0.3, -0.25) is 4.79 Å². The predicted molar refractivity (Wildman–Crippen MR) is 79.7 cm³/mol. The van der Waals surface area contributed by atoms with E-state index in [0.29, 0.717) is 6.04 Å². The molecule has 19 heavy (non-hydrogen) atoms. The number of anilines is 1. The molecule has 1 fully saturated rings. The summed E-state index contributed by atoms with van der Waals surface area (Å²) in [6, 6.07) is 6.60. The molecule has 5 heteroatoms. The number of piperazine rings is 1. The van der Waals surface area contributed by atoms with Crippen LogP contribution in [0, 0.1) is 6.92 Å². The molecule has 2 N–H and O–H groups in total. The molecular weight excluding hydrogens is 308 g/mol. The summed E-state index contributed by atoms with van der Waals surface area (Å²) < 4.78 is 1.07. The van der Waals surface area contributed by atoms with Crippen LogP contribution in [0.2, 0.25) is 0 Å². The standard InChI is InChI=1S/C14H19BrN2O2/c1-9-5-11(15)3-4-13(9)17-8-12(6-14(18)19)16-7-10(17)2/h3-5,10,12,16H,6-8H2,1-2H3,(H,18,19). The van der Waals surface area contributed by atoms with Crippen molar-refractivity contribution in [2.24, 2.45) is 0 Å². The van der Waals surface area contributed by atoms with Gasteiger partial charge in [-0.25, -0.2) is 0 Å². The Labute approximate surface area is 121 Å². The molecule has 4 nitrogen and oxygen atoms in total. The molecule has 104 valence electrons. The second-order valence-corrected chi connectivity index (χ2v) is 6.05. The quantitative estimate of drug-likeness (QED) is 0.895. The highest BCUT2D eigenvalue weighted by Crippen LogP contribution is 2.27. The van der Waals surface area contributed by atoms with Crippen molar-refractivity contribution in [2.75, 3.05) is 18.0 Å². The topological polar surface area (TPSA) is 52.6 Å². The lowest BCUT2D eigenvalue weighted by Crippen LogP contribution is -2.56. The maximum Gasteiger partial charge on any atom is 0.304 e. The van der Waals surface area contributed by atoms with Gasteiger partial charge in [-0.15, -0.1) is 0 Å². The Morgan fingerprint density at radius 1 is 1.58 bits per heavy atom. The summed E-state index contributed by atoms with van der Waals surface area (Å²) >= 11 is 3.47. The molecule has 0 aromatic heterocycles. The van der Waals surface area contributed by atoms with E-state index in [2.05, 4.69) is 52.1 Å². The van der Waals surface area contributed by atoms with E-state index >= 15 is 0 Å². The zero-order valence-corrected chi connectivity index (χ0v) is 12.8. The lowest BCUT2D eigenvalue weighted by molar-refractivity contribution is -0.137. The van der Waals surface area contributed by atoms with E-state index in [1.807, 2.05) is 6.07 Å². The lowest BCUT2D eigenvalue weighted by Gasteiger charge is -2.40. The van der Waals surface area contributed by atoms with E-state index < -0.39 is 5.97 Å². The van der Waals surface area contributed by atoms with E-state index in [1.54, 1.807) is 0 Å². The average molecular weight is 327 g/mol. The number of halogens is 1. The summed E-state index contributed by atoms with van der Waals surface area (Å²) in [7, 11) is 0. The van der Waals surface area contributed by atoms with Crippen molar-refractivity contribution in [2.45, 2.75) is 32.4 Å². The summed E-state index contributed by atoms with van der Waals surface area (Å²) in [5.74, 6) is -0.750. The zero-order valence-electron chi connectivity index (χ0n) is 11.2. The van der Waals surface area contributed by atoms with Gasteiger partial charge in [-0.1, -0.05) is 15.9 Å². The molecule has 0 bridgehead atoms. The van der Waals surface area contributed by atoms with E-state index in [4.69, 9.17) is 5.11 Å². The third kappa shape index (κ3) is 3.48. The van der Waals surface area contributed by atoms with Crippen molar-refractivity contribution in [1.29, 1.82) is 0 Å². The zero-order chi connectivity index (χ0) is 14.0. The molecule has 1 saturated heterocycles. The second kappa shape index (κ2) is 5.92. The van der Waals surface area contributed by atoms with Gasteiger partial charge in [0, 0.05) is 35.3 Å². The Morgan fingerprint density at radius 3 is 2.95 bits per heavy atom. The number of nitrogens with zero attached hydrogens (tertiary/aromatic N) is 1. The van der Waals surface area contributed by atoms with Crippen LogP contribution in [-0.2, 0) is 4.79 Å². The first kappa shape index (κ1) is 14.3. The number of aryl methyl sites for hydroxylation is 1. The molecule has 1 aliphatic rings. The van der Waals surface area contributed by atoms with Gasteiger partial charge in [0.1, 0.15) is 0 Å². The van der Waals surface area contributed by atoms with Crippen LogP contribution >= 0.6 is 15.9 Å². The first-order chi connectivity index (χ1) is 8.97. The maximum atomic E-state index is 10.8. The van der Waals surface area contributed by atoms with Crippen LogP contribution in [0.1, 0.15) is 18.9 Å². The minimum absolute atomic E-state index is 0.0109. The minimum atomic E-state index is -0.750. The fourth-order valence-electron chi connectivity index (χ4n) is 2.55. The number of hydrogen-bond donors (Lipinski definition) is 2. The number of rotatable bonds is 3. The predicted octanol–water partition coefficient (Wildman–Crippen LogP) is 2.40. The number of aliphatic carboxylic acids is 1. The van der Waals surface area contributed by atoms with Crippen molar-refractivity contribution in [3.8, 4) is 0 Å². The number of nitrogens with one attached hydrogen (secondary N) is 1. The van der Waals surface area contributed by atoms with Crippen LogP contribution in [0.15, 0.2) is 22.7 Å². The van der Waals surface area contributed by atoms with Crippen LogP contribution in [0.25, 0.3) is 0 Å². The third-order valence-electron chi connectivity index (χ3n) is 3.54. The molecule has 0 aliphatic carbocycles. The van der Waals surface area contributed by atoms with Gasteiger partial charge in [0.15, 0.2) is 0 Å². The Hall–Kier alpha value is -1.07. The minimum Gasteiger partial charge on any atom is -0.481 e. The van der Waals surface area contributed by atoms with Crippen molar-refractivity contribution >= 4 is 27.6 Å². The van der Waals surface area contributed by atoms with Crippen molar-refractivity contribution in [3.05, 3.63) is 28.2 Å². The molecule has 1 heterocycles. The monoisotopic (exact) mass is 326 g/mol. The van der Waals surface area contributed by atoms with E-state index in [0.717, 1.165) is 17.6 Å². The molecule has 0 saturated carbocycles. The van der Waals surface area contributed by atoms with Gasteiger partial charge in [0.05, 0.1) is 6.42 Å². The van der Waals surface area contributed by atoms with Crippen LogP contribution in [-0.4, -0.2) is 36.2 Å². The number of hydrogen-bond acceptors (Lipinski definition) is 3. The van der Waals surface area contributed by atoms with Gasteiger partial charge in [0.25, 0.3) is 0 Å². The molecule has 1 aromatic carbocycles. The van der Waals surface area contributed by atoms with Crippen LogP contribution in [0.5, 0.6) is 0 Å². The molecular formula is C14H19BrN2O2. The number of carboxylic acid groups (broad SMARTS) is 1. The van der Waals surface area contributed by atoms with Crippen LogP contribution in [0.4, 0.5) is 5.69 Å². The average Bonchev–Trinajstić information content (AvgIpc) is 2.31. The number of benzene rings is 1. The second-order valence-electron chi connectivity index (χ2n) is 5.14. The van der Waals surface area contributed by atoms with Gasteiger partial charge in [-0.2, -0.15) is 0 Å². The summed E-state index contributed by atoms with van der Waals surface area (Å²) in [5.41, 5.74) is 2.39. The first-order valence-electron chi connectivity index (χ1n) is 6.45. The van der Waals surface area contributed by atoms with Crippen molar-refractivity contribution < 1.29 is 9.90 Å². The molecule has 0 radical (unpaired) electrons. The van der Waals surface area contributed by atoms with Gasteiger partial charge < -0.3 is 15.3 Å². The smallest absolute Gasteiger partial charge is 0.304 e. The molecule has 2 unspecified atom stereocenters. The summed E-state index contributed by atoms with van der Waals surface area (Å²) in [6.07, 6.45) is 0.165. The summed E-state index contributed by atoms with van der Waals surface area (Å²) in [5, 5.41) is 12.2. The Morgan fingerprint density at radius 2 is 2.32 bits per heavy atom. The molecule has 2 atom stereocenters.